The molecule has 0 bridgehead atoms. The van der Waals surface area contributed by atoms with Crippen LogP contribution in [0.5, 0.6) is 5.75 Å². The van der Waals surface area contributed by atoms with Crippen molar-refractivity contribution in [3.63, 3.8) is 0 Å². The van der Waals surface area contributed by atoms with Gasteiger partial charge in [0.15, 0.2) is 5.65 Å². The highest BCUT2D eigenvalue weighted by Crippen LogP contribution is 3.06. The first kappa shape index (κ1) is 21.6. The molecule has 11 nitrogen and oxygen atoms in total. The number of aromatic nitrogens is 3. The summed E-state index contributed by atoms with van der Waals surface area (Å²) in [5.74, 6) is 3.22. The molecule has 3 amide bonds. The molecule has 196 valence electrons. The Balaban J connectivity index is 0.897. The predicted molar refractivity (Wildman–Crippen MR) is 132 cm³/mol. The smallest absolute Gasteiger partial charge is 0.315 e. The van der Waals surface area contributed by atoms with Crippen molar-refractivity contribution in [3.05, 3.63) is 59.0 Å². The number of hydrogen-bond acceptors (Lipinski definition) is 7. The number of fused-ring (bicyclic) bond motifs is 2. The van der Waals surface area contributed by atoms with Gasteiger partial charge in [-0.3, -0.25) is 19.2 Å². The van der Waals surface area contributed by atoms with E-state index < -0.39 is 5.91 Å². The zero-order valence-corrected chi connectivity index (χ0v) is 20.9. The number of amides is 3. The Morgan fingerprint density at radius 3 is 2.54 bits per heavy atom. The highest BCUT2D eigenvalue weighted by molar-refractivity contribution is 5.98. The molecule has 6 fully saturated rings. The lowest BCUT2D eigenvalue weighted by molar-refractivity contribution is -0.622. The van der Waals surface area contributed by atoms with E-state index in [0.29, 0.717) is 53.4 Å². The van der Waals surface area contributed by atoms with Crippen LogP contribution >= 0.6 is 0 Å². The van der Waals surface area contributed by atoms with E-state index >= 15 is 0 Å². The molecule has 6 aliphatic carbocycles. The average Bonchev–Trinajstić information content (AvgIpc) is 3.55. The normalized spacial score (nSPS) is 36.2. The van der Waals surface area contributed by atoms with Gasteiger partial charge in [-0.1, -0.05) is 6.07 Å². The number of nitrogens with zero attached hydrogens (tertiary/aromatic N) is 3. The third-order valence-corrected chi connectivity index (χ3v) is 10.7. The summed E-state index contributed by atoms with van der Waals surface area (Å²) in [5, 5.41) is 13.5. The molecule has 0 saturated heterocycles. The standard InChI is InChI=1S/C28H24N6O5/c1-11(35)33-28-22-19-23(28)21-24(28)20(22)27(19,21)10-30-26(38)15-8-14(32-17-4-5-31-34(15)17)25(37)29-9-12-2-3-16-13(6-12)7-18(36)39-16/h2-6,8,19-24H,7,9-10H2,1H3,(H,29,37)(H,30,38)(H,33,35). The first-order chi connectivity index (χ1) is 18.8. The van der Waals surface area contributed by atoms with Gasteiger partial charge in [-0.25, -0.2) is 9.50 Å². The highest BCUT2D eigenvalue weighted by Gasteiger charge is 3.09. The number of ether oxygens (including phenoxy) is 1. The number of benzene rings is 1. The molecule has 7 aliphatic rings. The van der Waals surface area contributed by atoms with Crippen LogP contribution in [0.15, 0.2) is 36.5 Å². The second-order valence-corrected chi connectivity index (χ2v) is 12.0. The van der Waals surface area contributed by atoms with Gasteiger partial charge < -0.3 is 20.7 Å². The molecule has 3 aromatic rings. The van der Waals surface area contributed by atoms with Crippen molar-refractivity contribution in [3.8, 4) is 5.75 Å². The molecule has 0 radical (unpaired) electrons. The van der Waals surface area contributed by atoms with E-state index in [1.807, 2.05) is 6.07 Å². The summed E-state index contributed by atoms with van der Waals surface area (Å²) in [5.41, 5.74) is 2.70. The summed E-state index contributed by atoms with van der Waals surface area (Å²) < 4.78 is 6.58. The second-order valence-electron chi connectivity index (χ2n) is 12.0. The summed E-state index contributed by atoms with van der Waals surface area (Å²) in [6.45, 7) is 2.45. The third-order valence-electron chi connectivity index (χ3n) is 10.7. The van der Waals surface area contributed by atoms with Gasteiger partial charge >= 0.3 is 5.97 Å². The maximum absolute atomic E-state index is 13.4. The van der Waals surface area contributed by atoms with Crippen LogP contribution in [-0.4, -0.2) is 50.4 Å². The van der Waals surface area contributed by atoms with Gasteiger partial charge in [-0.15, -0.1) is 0 Å². The zero-order valence-electron chi connectivity index (χ0n) is 20.9. The van der Waals surface area contributed by atoms with Gasteiger partial charge in [0.05, 0.1) is 18.2 Å². The number of esters is 1. The molecule has 10 rings (SSSR count). The van der Waals surface area contributed by atoms with Crippen LogP contribution < -0.4 is 20.7 Å². The summed E-state index contributed by atoms with van der Waals surface area (Å²) in [4.78, 5) is 54.0. The van der Waals surface area contributed by atoms with Crippen LogP contribution in [0.4, 0.5) is 0 Å². The van der Waals surface area contributed by atoms with Crippen molar-refractivity contribution in [1.29, 1.82) is 0 Å². The molecule has 11 heteroatoms. The van der Waals surface area contributed by atoms with E-state index in [2.05, 4.69) is 26.0 Å². The fraction of sp³-hybridized carbons (Fsp3) is 0.429. The van der Waals surface area contributed by atoms with E-state index in [9.17, 15) is 19.2 Å². The minimum Gasteiger partial charge on any atom is -0.426 e. The van der Waals surface area contributed by atoms with Gasteiger partial charge in [-0.2, -0.15) is 5.10 Å². The first-order valence-corrected chi connectivity index (χ1v) is 13.4. The van der Waals surface area contributed by atoms with Crippen molar-refractivity contribution < 1.29 is 23.9 Å². The van der Waals surface area contributed by atoms with Gasteiger partial charge in [0.25, 0.3) is 11.8 Å². The van der Waals surface area contributed by atoms with Crippen molar-refractivity contribution in [1.82, 2.24) is 30.5 Å². The largest absolute Gasteiger partial charge is 0.426 e. The van der Waals surface area contributed by atoms with Crippen LogP contribution in [0, 0.1) is 40.9 Å². The number of carbonyl (C=O) groups excluding carboxylic acids is 4. The average molecular weight is 525 g/mol. The zero-order chi connectivity index (χ0) is 26.4. The van der Waals surface area contributed by atoms with Crippen LogP contribution in [0.3, 0.4) is 0 Å². The molecule has 0 spiro atoms. The Kier molecular flexibility index (Phi) is 3.68. The summed E-state index contributed by atoms with van der Waals surface area (Å²) in [6.07, 6.45) is 1.77. The fourth-order valence-electron chi connectivity index (χ4n) is 9.74. The van der Waals surface area contributed by atoms with Crippen molar-refractivity contribution >= 4 is 29.3 Å². The van der Waals surface area contributed by atoms with Crippen LogP contribution in [0.1, 0.15) is 39.0 Å². The summed E-state index contributed by atoms with van der Waals surface area (Å²) >= 11 is 0. The maximum atomic E-state index is 13.4. The SMILES string of the molecule is CC(=O)NC12C3C4C1C1C2C3C41CNC(=O)c1cc(C(=O)NCc2ccc3c(c2)CC(=O)O3)nc2ccnn12. The lowest BCUT2D eigenvalue weighted by atomic mass is 8.94. The van der Waals surface area contributed by atoms with Crippen LogP contribution in [0.2, 0.25) is 0 Å². The number of nitrogens with one attached hydrogen (secondary N) is 3. The van der Waals surface area contributed by atoms with Gasteiger partial charge in [0.2, 0.25) is 5.91 Å². The molecule has 3 heterocycles. The predicted octanol–water partition coefficient (Wildman–Crippen LogP) is 0.477. The van der Waals surface area contributed by atoms with Gasteiger partial charge in [0, 0.05) is 37.7 Å². The van der Waals surface area contributed by atoms with Crippen molar-refractivity contribution in [2.75, 3.05) is 6.54 Å². The Morgan fingerprint density at radius 2 is 1.79 bits per heavy atom. The molecule has 0 atom stereocenters. The Labute approximate surface area is 221 Å². The fourth-order valence-corrected chi connectivity index (χ4v) is 9.74. The molecule has 39 heavy (non-hydrogen) atoms. The molecular formula is C28H24N6O5. The topological polar surface area (TPSA) is 144 Å². The van der Waals surface area contributed by atoms with E-state index in [1.165, 1.54) is 10.6 Å². The van der Waals surface area contributed by atoms with E-state index in [4.69, 9.17) is 4.74 Å². The lowest BCUT2D eigenvalue weighted by Gasteiger charge is -3.11. The summed E-state index contributed by atoms with van der Waals surface area (Å²) in [7, 11) is 0. The summed E-state index contributed by atoms with van der Waals surface area (Å²) in [6, 6.07) is 8.50. The molecule has 0 unspecified atom stereocenters. The molecule has 6 saturated carbocycles. The molecule has 3 N–H and O–H groups in total. The molecule has 1 aromatic carbocycles. The second kappa shape index (κ2) is 6.64. The number of carbonyl (C=O) groups is 4. The Morgan fingerprint density at radius 1 is 1.03 bits per heavy atom. The number of hydrogen-bond donors (Lipinski definition) is 3. The van der Waals surface area contributed by atoms with Gasteiger partial charge in [0.1, 0.15) is 17.1 Å². The Hall–Kier alpha value is -4.28. The Bertz CT molecular complexity index is 1660. The third kappa shape index (κ3) is 2.25. The first-order valence-electron chi connectivity index (χ1n) is 13.4. The maximum Gasteiger partial charge on any atom is 0.315 e. The van der Waals surface area contributed by atoms with Crippen LogP contribution in [-0.2, 0) is 22.6 Å². The van der Waals surface area contributed by atoms with Gasteiger partial charge in [-0.05, 0) is 58.6 Å². The number of rotatable bonds is 7. The van der Waals surface area contributed by atoms with Crippen molar-refractivity contribution in [2.24, 2.45) is 40.9 Å². The quantitative estimate of drug-likeness (QED) is 0.301. The monoisotopic (exact) mass is 524 g/mol. The van der Waals surface area contributed by atoms with E-state index in [0.717, 1.165) is 11.1 Å². The molecule has 2 aromatic heterocycles. The van der Waals surface area contributed by atoms with E-state index in [1.54, 1.807) is 31.3 Å². The van der Waals surface area contributed by atoms with E-state index in [-0.39, 0.29) is 53.1 Å². The molecular weight excluding hydrogens is 500 g/mol. The van der Waals surface area contributed by atoms with Crippen LogP contribution in [0.25, 0.3) is 5.65 Å². The lowest BCUT2D eigenvalue weighted by Crippen LogP contribution is -3.15. The molecule has 1 aliphatic heterocycles. The minimum absolute atomic E-state index is 0.0622. The highest BCUT2D eigenvalue weighted by atomic mass is 16.5. The minimum atomic E-state index is -0.412. The van der Waals surface area contributed by atoms with Crippen molar-refractivity contribution in [2.45, 2.75) is 25.4 Å².